The van der Waals surface area contributed by atoms with Gasteiger partial charge in [-0.1, -0.05) is 64.5 Å². The van der Waals surface area contributed by atoms with Gasteiger partial charge in [-0.25, -0.2) is 13.8 Å². The zero-order valence-electron chi connectivity index (χ0n) is 17.1. The number of halogens is 1. The van der Waals surface area contributed by atoms with Gasteiger partial charge < -0.3 is 0 Å². The molecule has 160 valence electrons. The maximum atomic E-state index is 13.3. The molecular formula is C23H22BrN3O3S. The van der Waals surface area contributed by atoms with E-state index in [1.54, 1.807) is 50.2 Å². The van der Waals surface area contributed by atoms with Crippen molar-refractivity contribution in [1.82, 2.24) is 5.43 Å². The van der Waals surface area contributed by atoms with Crippen LogP contribution in [0.1, 0.15) is 18.1 Å². The van der Waals surface area contributed by atoms with Crippen LogP contribution in [0.5, 0.6) is 0 Å². The number of benzene rings is 3. The minimum Gasteiger partial charge on any atom is -0.271 e. The highest BCUT2D eigenvalue weighted by Crippen LogP contribution is 2.26. The van der Waals surface area contributed by atoms with Gasteiger partial charge in [0.2, 0.25) is 0 Å². The highest BCUT2D eigenvalue weighted by Gasteiger charge is 2.28. The Balaban J connectivity index is 1.88. The Morgan fingerprint density at radius 3 is 2.35 bits per heavy atom. The van der Waals surface area contributed by atoms with Crippen molar-refractivity contribution < 1.29 is 13.2 Å². The first kappa shape index (κ1) is 22.7. The molecule has 0 atom stereocenters. The molecule has 1 amide bonds. The molecule has 0 bridgehead atoms. The maximum absolute atomic E-state index is 13.3. The highest BCUT2D eigenvalue weighted by molar-refractivity contribution is 9.10. The lowest BCUT2D eigenvalue weighted by Gasteiger charge is -2.25. The van der Waals surface area contributed by atoms with E-state index in [4.69, 9.17) is 0 Å². The first-order valence-corrected chi connectivity index (χ1v) is 11.7. The number of nitrogens with one attached hydrogen (secondary N) is 1. The van der Waals surface area contributed by atoms with E-state index in [1.807, 2.05) is 30.3 Å². The topological polar surface area (TPSA) is 78.8 Å². The van der Waals surface area contributed by atoms with Crippen LogP contribution in [0.15, 0.2) is 93.3 Å². The molecule has 1 N–H and O–H groups in total. The van der Waals surface area contributed by atoms with E-state index in [9.17, 15) is 13.2 Å². The predicted octanol–water partition coefficient (Wildman–Crippen LogP) is 4.49. The number of carbonyl (C=O) groups excluding carboxylic acids is 1. The van der Waals surface area contributed by atoms with E-state index in [0.29, 0.717) is 11.4 Å². The van der Waals surface area contributed by atoms with Crippen molar-refractivity contribution in [2.75, 3.05) is 10.8 Å². The van der Waals surface area contributed by atoms with Crippen molar-refractivity contribution in [2.45, 2.75) is 18.7 Å². The van der Waals surface area contributed by atoms with Crippen LogP contribution in [0.25, 0.3) is 0 Å². The van der Waals surface area contributed by atoms with Gasteiger partial charge in [0.15, 0.2) is 0 Å². The number of anilines is 1. The number of hydrogen-bond donors (Lipinski definition) is 1. The zero-order valence-corrected chi connectivity index (χ0v) is 19.5. The van der Waals surface area contributed by atoms with E-state index >= 15 is 0 Å². The third kappa shape index (κ3) is 5.59. The molecule has 0 radical (unpaired) electrons. The quantitative estimate of drug-likeness (QED) is 0.384. The Morgan fingerprint density at radius 1 is 1.00 bits per heavy atom. The van der Waals surface area contributed by atoms with Crippen LogP contribution in [0.4, 0.5) is 5.69 Å². The van der Waals surface area contributed by atoms with Crippen molar-refractivity contribution in [1.29, 1.82) is 0 Å². The van der Waals surface area contributed by atoms with Gasteiger partial charge >= 0.3 is 0 Å². The zero-order chi connectivity index (χ0) is 22.4. The number of aryl methyl sites for hydroxylation is 1. The summed E-state index contributed by atoms with van der Waals surface area (Å²) in [5.41, 5.74) is 5.09. The molecule has 0 unspecified atom stereocenters. The number of hydrazone groups is 1. The second-order valence-corrected chi connectivity index (χ2v) is 9.63. The molecule has 0 saturated carbocycles. The highest BCUT2D eigenvalue weighted by atomic mass is 79.9. The number of nitrogens with zero attached hydrogens (tertiary/aromatic N) is 2. The van der Waals surface area contributed by atoms with Crippen molar-refractivity contribution in [3.05, 3.63) is 94.5 Å². The lowest BCUT2D eigenvalue weighted by Crippen LogP contribution is -2.40. The van der Waals surface area contributed by atoms with E-state index in [2.05, 4.69) is 26.5 Å². The van der Waals surface area contributed by atoms with Gasteiger partial charge in [-0.15, -0.1) is 0 Å². The normalized spacial score (nSPS) is 11.8. The molecule has 8 heteroatoms. The van der Waals surface area contributed by atoms with Gasteiger partial charge in [0, 0.05) is 4.47 Å². The van der Waals surface area contributed by atoms with Crippen LogP contribution in [0.2, 0.25) is 0 Å². The van der Waals surface area contributed by atoms with E-state index < -0.39 is 22.5 Å². The van der Waals surface area contributed by atoms with Crippen LogP contribution >= 0.6 is 15.9 Å². The lowest BCUT2D eigenvalue weighted by atomic mass is 10.1. The van der Waals surface area contributed by atoms with Crippen molar-refractivity contribution in [3.63, 3.8) is 0 Å². The molecule has 0 spiro atoms. The van der Waals surface area contributed by atoms with E-state index in [1.165, 1.54) is 12.1 Å². The summed E-state index contributed by atoms with van der Waals surface area (Å²) in [6.07, 6.45) is 0. The van der Waals surface area contributed by atoms with E-state index in [-0.39, 0.29) is 4.90 Å². The summed E-state index contributed by atoms with van der Waals surface area (Å²) >= 11 is 3.40. The molecule has 0 fully saturated rings. The standard InChI is InChI=1S/C23H22BrN3O3S/c1-17-9-6-7-14-22(17)27(31(29,30)21-12-4-3-5-13-21)16-23(28)26-25-18(2)19-10-8-11-20(24)15-19/h3-15H,16H2,1-2H3,(H,26,28)/b25-18+. The van der Waals surface area contributed by atoms with Gasteiger partial charge in [-0.05, 0) is 55.3 Å². The fraction of sp³-hybridized carbons (Fsp3) is 0.130. The first-order chi connectivity index (χ1) is 14.8. The van der Waals surface area contributed by atoms with Crippen molar-refractivity contribution in [2.24, 2.45) is 5.10 Å². The average molecular weight is 500 g/mol. The molecule has 0 saturated heterocycles. The Bertz CT molecular complexity index is 1210. The summed E-state index contributed by atoms with van der Waals surface area (Å²) in [7, 11) is -3.95. The maximum Gasteiger partial charge on any atom is 0.264 e. The van der Waals surface area contributed by atoms with Crippen molar-refractivity contribution >= 4 is 43.3 Å². The van der Waals surface area contributed by atoms with E-state index in [0.717, 1.165) is 19.9 Å². The van der Waals surface area contributed by atoms with Gasteiger partial charge in [0.25, 0.3) is 15.9 Å². The van der Waals surface area contributed by atoms with Crippen molar-refractivity contribution in [3.8, 4) is 0 Å². The molecular weight excluding hydrogens is 478 g/mol. The Morgan fingerprint density at radius 2 is 1.68 bits per heavy atom. The number of hydrogen-bond acceptors (Lipinski definition) is 4. The van der Waals surface area contributed by atoms with Crippen LogP contribution in [-0.4, -0.2) is 26.6 Å². The molecule has 0 aromatic heterocycles. The monoisotopic (exact) mass is 499 g/mol. The molecule has 31 heavy (non-hydrogen) atoms. The van der Waals surface area contributed by atoms with Gasteiger partial charge in [-0.2, -0.15) is 5.10 Å². The first-order valence-electron chi connectivity index (χ1n) is 9.51. The Labute approximate surface area is 190 Å². The predicted molar refractivity (Wildman–Crippen MR) is 127 cm³/mol. The minimum absolute atomic E-state index is 0.111. The number of carbonyl (C=O) groups is 1. The molecule has 3 aromatic carbocycles. The smallest absolute Gasteiger partial charge is 0.264 e. The number of sulfonamides is 1. The van der Waals surface area contributed by atoms with Crippen LogP contribution in [0.3, 0.4) is 0 Å². The summed E-state index contributed by atoms with van der Waals surface area (Å²) in [4.78, 5) is 12.8. The number of para-hydroxylation sites is 1. The molecule has 3 aromatic rings. The van der Waals surface area contributed by atoms with Gasteiger partial charge in [0.05, 0.1) is 16.3 Å². The summed E-state index contributed by atoms with van der Waals surface area (Å²) in [6.45, 7) is 3.16. The van der Waals surface area contributed by atoms with Crippen LogP contribution in [-0.2, 0) is 14.8 Å². The average Bonchev–Trinajstić information content (AvgIpc) is 2.77. The molecule has 0 aliphatic rings. The Hall–Kier alpha value is -2.97. The second kappa shape index (κ2) is 9.89. The largest absolute Gasteiger partial charge is 0.271 e. The third-order valence-electron chi connectivity index (χ3n) is 4.59. The van der Waals surface area contributed by atoms with Gasteiger partial charge in [-0.3, -0.25) is 9.10 Å². The molecule has 6 nitrogen and oxygen atoms in total. The summed E-state index contributed by atoms with van der Waals surface area (Å²) in [5.74, 6) is -0.544. The third-order valence-corrected chi connectivity index (χ3v) is 6.86. The molecule has 3 rings (SSSR count). The second-order valence-electron chi connectivity index (χ2n) is 6.85. The number of rotatable bonds is 7. The molecule has 0 heterocycles. The fourth-order valence-electron chi connectivity index (χ4n) is 2.95. The van der Waals surface area contributed by atoms with Gasteiger partial charge in [0.1, 0.15) is 6.54 Å². The van der Waals surface area contributed by atoms with Crippen LogP contribution < -0.4 is 9.73 Å². The lowest BCUT2D eigenvalue weighted by molar-refractivity contribution is -0.119. The summed E-state index contributed by atoms with van der Waals surface area (Å²) in [5, 5.41) is 4.13. The minimum atomic E-state index is -3.95. The van der Waals surface area contributed by atoms with Crippen LogP contribution in [0, 0.1) is 6.92 Å². The SMILES string of the molecule is C/C(=N\NC(=O)CN(c1ccccc1C)S(=O)(=O)c1ccccc1)c1cccc(Br)c1. The molecule has 0 aliphatic heterocycles. The number of amides is 1. The summed E-state index contributed by atoms with van der Waals surface area (Å²) < 4.78 is 28.6. The molecule has 0 aliphatic carbocycles. The summed E-state index contributed by atoms with van der Waals surface area (Å²) in [6, 6.07) is 22.6. The Kier molecular flexibility index (Phi) is 7.25. The fourth-order valence-corrected chi connectivity index (χ4v) is 4.86.